The minimum absolute atomic E-state index is 0.0531. The van der Waals surface area contributed by atoms with E-state index in [0.717, 1.165) is 49.8 Å². The molecule has 166 valence electrons. The molecular weight excluding hydrogens is 390 g/mol. The van der Waals surface area contributed by atoms with Crippen molar-refractivity contribution < 1.29 is 14.3 Å². The van der Waals surface area contributed by atoms with Gasteiger partial charge in [0, 0.05) is 32.7 Å². The summed E-state index contributed by atoms with van der Waals surface area (Å²) in [6, 6.07) is 16.5. The SMILES string of the molecule is CC(C)[C@H](NC(=O)CN1CCN(Cc2ccccc2)CC1)c1ccc2c(c1)OCCO2. The highest BCUT2D eigenvalue weighted by Crippen LogP contribution is 2.34. The highest BCUT2D eigenvalue weighted by molar-refractivity contribution is 5.78. The maximum atomic E-state index is 12.8. The largest absolute Gasteiger partial charge is 0.486 e. The highest BCUT2D eigenvalue weighted by Gasteiger charge is 2.24. The molecule has 1 atom stereocenters. The topological polar surface area (TPSA) is 54.0 Å². The molecule has 0 spiro atoms. The van der Waals surface area contributed by atoms with Crippen molar-refractivity contribution in [2.75, 3.05) is 45.9 Å². The lowest BCUT2D eigenvalue weighted by atomic mass is 9.95. The fourth-order valence-corrected chi connectivity index (χ4v) is 4.26. The Labute approximate surface area is 185 Å². The summed E-state index contributed by atoms with van der Waals surface area (Å²) < 4.78 is 11.3. The molecule has 1 N–H and O–H groups in total. The fraction of sp³-hybridized carbons (Fsp3) is 0.480. The standard InChI is InChI=1S/C25H33N3O3/c1-19(2)25(21-8-9-22-23(16-21)31-15-14-30-22)26-24(29)18-28-12-10-27(11-13-28)17-20-6-4-3-5-7-20/h3-9,16,19,25H,10-15,17-18H2,1-2H3,(H,26,29)/t25-/m0/s1. The summed E-state index contributed by atoms with van der Waals surface area (Å²) >= 11 is 0. The van der Waals surface area contributed by atoms with Gasteiger partial charge in [0.25, 0.3) is 0 Å². The lowest BCUT2D eigenvalue weighted by molar-refractivity contribution is -0.123. The molecular formula is C25H33N3O3. The lowest BCUT2D eigenvalue weighted by Gasteiger charge is -2.34. The summed E-state index contributed by atoms with van der Waals surface area (Å²) in [5, 5.41) is 3.25. The van der Waals surface area contributed by atoms with Gasteiger partial charge in [-0.05, 0) is 29.2 Å². The van der Waals surface area contributed by atoms with E-state index in [4.69, 9.17) is 9.47 Å². The van der Waals surface area contributed by atoms with Crippen LogP contribution in [0.15, 0.2) is 48.5 Å². The molecule has 0 unspecified atom stereocenters. The van der Waals surface area contributed by atoms with Crippen LogP contribution in [0, 0.1) is 5.92 Å². The monoisotopic (exact) mass is 423 g/mol. The molecule has 2 heterocycles. The van der Waals surface area contributed by atoms with Crippen molar-refractivity contribution in [2.24, 2.45) is 5.92 Å². The molecule has 0 bridgehead atoms. The summed E-state index contributed by atoms with van der Waals surface area (Å²) in [6.45, 7) is 10.6. The molecule has 6 heteroatoms. The highest BCUT2D eigenvalue weighted by atomic mass is 16.6. The van der Waals surface area contributed by atoms with E-state index in [-0.39, 0.29) is 17.9 Å². The Bertz CT molecular complexity index is 864. The van der Waals surface area contributed by atoms with Crippen LogP contribution in [-0.2, 0) is 11.3 Å². The second kappa shape index (κ2) is 10.2. The first kappa shape index (κ1) is 21.7. The molecule has 31 heavy (non-hydrogen) atoms. The first-order valence-electron chi connectivity index (χ1n) is 11.3. The van der Waals surface area contributed by atoms with Crippen molar-refractivity contribution in [3.05, 3.63) is 59.7 Å². The van der Waals surface area contributed by atoms with Crippen molar-refractivity contribution in [2.45, 2.75) is 26.4 Å². The van der Waals surface area contributed by atoms with E-state index in [0.29, 0.717) is 19.8 Å². The number of hydrogen-bond donors (Lipinski definition) is 1. The molecule has 0 radical (unpaired) electrons. The van der Waals surface area contributed by atoms with E-state index in [1.165, 1.54) is 5.56 Å². The Morgan fingerprint density at radius 2 is 1.61 bits per heavy atom. The van der Waals surface area contributed by atoms with Gasteiger partial charge in [-0.1, -0.05) is 50.2 Å². The van der Waals surface area contributed by atoms with Gasteiger partial charge >= 0.3 is 0 Å². The molecule has 0 aliphatic carbocycles. The number of nitrogens with zero attached hydrogens (tertiary/aromatic N) is 2. The van der Waals surface area contributed by atoms with Crippen LogP contribution < -0.4 is 14.8 Å². The summed E-state index contributed by atoms with van der Waals surface area (Å²) in [5.41, 5.74) is 2.40. The number of rotatable bonds is 7. The maximum Gasteiger partial charge on any atom is 0.234 e. The number of ether oxygens (including phenoxy) is 2. The van der Waals surface area contributed by atoms with Gasteiger partial charge in [-0.15, -0.1) is 0 Å². The van der Waals surface area contributed by atoms with E-state index in [1.54, 1.807) is 0 Å². The first-order chi connectivity index (χ1) is 15.1. The van der Waals surface area contributed by atoms with Crippen LogP contribution in [-0.4, -0.2) is 61.6 Å². The van der Waals surface area contributed by atoms with Gasteiger partial charge in [-0.2, -0.15) is 0 Å². The summed E-state index contributed by atoms with van der Waals surface area (Å²) in [5.74, 6) is 1.88. The Kier molecular flexibility index (Phi) is 7.10. The predicted molar refractivity (Wildman–Crippen MR) is 121 cm³/mol. The predicted octanol–water partition coefficient (Wildman–Crippen LogP) is 3.09. The molecule has 2 aliphatic heterocycles. The lowest BCUT2D eigenvalue weighted by Crippen LogP contribution is -2.49. The van der Waals surface area contributed by atoms with Crippen LogP contribution in [0.2, 0.25) is 0 Å². The van der Waals surface area contributed by atoms with Crippen molar-refractivity contribution >= 4 is 5.91 Å². The summed E-state index contributed by atoms with van der Waals surface area (Å²) in [6.07, 6.45) is 0. The number of piperazine rings is 1. The normalized spacial score (nSPS) is 18.0. The number of nitrogens with one attached hydrogen (secondary N) is 1. The van der Waals surface area contributed by atoms with Gasteiger partial charge < -0.3 is 14.8 Å². The average Bonchev–Trinajstić information content (AvgIpc) is 2.79. The zero-order chi connectivity index (χ0) is 21.6. The van der Waals surface area contributed by atoms with Crippen LogP contribution in [0.3, 0.4) is 0 Å². The Balaban J connectivity index is 1.29. The fourth-order valence-electron chi connectivity index (χ4n) is 4.26. The Morgan fingerprint density at radius 1 is 0.935 bits per heavy atom. The minimum atomic E-state index is -0.0531. The second-order valence-corrected chi connectivity index (χ2v) is 8.73. The third-order valence-electron chi connectivity index (χ3n) is 5.99. The van der Waals surface area contributed by atoms with E-state index < -0.39 is 0 Å². The van der Waals surface area contributed by atoms with Crippen molar-refractivity contribution in [3.63, 3.8) is 0 Å². The molecule has 0 saturated carbocycles. The second-order valence-electron chi connectivity index (χ2n) is 8.73. The maximum absolute atomic E-state index is 12.8. The van der Waals surface area contributed by atoms with Crippen molar-refractivity contribution in [1.29, 1.82) is 0 Å². The van der Waals surface area contributed by atoms with Crippen LogP contribution >= 0.6 is 0 Å². The van der Waals surface area contributed by atoms with Crippen LogP contribution in [0.4, 0.5) is 0 Å². The average molecular weight is 424 g/mol. The molecule has 4 rings (SSSR count). The number of amides is 1. The van der Waals surface area contributed by atoms with Gasteiger partial charge in [-0.3, -0.25) is 14.6 Å². The van der Waals surface area contributed by atoms with Crippen LogP contribution in [0.5, 0.6) is 11.5 Å². The van der Waals surface area contributed by atoms with Crippen LogP contribution in [0.1, 0.15) is 31.0 Å². The molecule has 2 aromatic carbocycles. The Morgan fingerprint density at radius 3 is 2.32 bits per heavy atom. The van der Waals surface area contributed by atoms with Gasteiger partial charge in [-0.25, -0.2) is 0 Å². The van der Waals surface area contributed by atoms with Gasteiger partial charge in [0.05, 0.1) is 12.6 Å². The van der Waals surface area contributed by atoms with Gasteiger partial charge in [0.2, 0.25) is 5.91 Å². The summed E-state index contributed by atoms with van der Waals surface area (Å²) in [7, 11) is 0. The smallest absolute Gasteiger partial charge is 0.234 e. The van der Waals surface area contributed by atoms with E-state index >= 15 is 0 Å². The molecule has 2 aliphatic rings. The summed E-state index contributed by atoms with van der Waals surface area (Å²) in [4.78, 5) is 17.5. The third-order valence-corrected chi connectivity index (χ3v) is 5.99. The zero-order valence-corrected chi connectivity index (χ0v) is 18.5. The number of fused-ring (bicyclic) bond motifs is 1. The Hall–Kier alpha value is -2.57. The number of carbonyl (C=O) groups excluding carboxylic acids is 1. The molecule has 2 aromatic rings. The number of benzene rings is 2. The third kappa shape index (κ3) is 5.77. The molecule has 6 nitrogen and oxygen atoms in total. The van der Waals surface area contributed by atoms with Gasteiger partial charge in [0.1, 0.15) is 13.2 Å². The molecule has 1 fully saturated rings. The molecule has 1 saturated heterocycles. The number of carbonyl (C=O) groups is 1. The number of hydrogen-bond acceptors (Lipinski definition) is 5. The first-order valence-corrected chi connectivity index (χ1v) is 11.3. The van der Waals surface area contributed by atoms with E-state index in [2.05, 4.69) is 59.3 Å². The van der Waals surface area contributed by atoms with Crippen molar-refractivity contribution in [1.82, 2.24) is 15.1 Å². The van der Waals surface area contributed by atoms with Gasteiger partial charge in [0.15, 0.2) is 11.5 Å². The van der Waals surface area contributed by atoms with E-state index in [9.17, 15) is 4.79 Å². The molecule has 1 amide bonds. The van der Waals surface area contributed by atoms with Crippen molar-refractivity contribution in [3.8, 4) is 11.5 Å². The minimum Gasteiger partial charge on any atom is -0.486 e. The quantitative estimate of drug-likeness (QED) is 0.742. The van der Waals surface area contributed by atoms with Crippen LogP contribution in [0.25, 0.3) is 0 Å². The molecule has 0 aromatic heterocycles. The van der Waals surface area contributed by atoms with E-state index in [1.807, 2.05) is 18.2 Å². The zero-order valence-electron chi connectivity index (χ0n) is 18.5.